The SMILES string of the molecule is CN(C(=O)N1C(=O)Nc2ccccc2C1c1ccc(F)c(F)c1)C1(O)CN(C2CCC(c3ccccc3C#N)CC2)C1. The Hall–Kier alpha value is -4.33. The van der Waals surface area contributed by atoms with Crippen molar-refractivity contribution in [2.45, 2.75) is 49.4 Å². The molecule has 1 atom stereocenters. The van der Waals surface area contributed by atoms with Gasteiger partial charge >= 0.3 is 12.1 Å². The minimum atomic E-state index is -1.50. The lowest BCUT2D eigenvalue weighted by Crippen LogP contribution is -2.73. The van der Waals surface area contributed by atoms with Crippen LogP contribution in [-0.4, -0.2) is 63.8 Å². The summed E-state index contributed by atoms with van der Waals surface area (Å²) in [5, 5.41) is 23.6. The van der Waals surface area contributed by atoms with Crippen LogP contribution in [-0.2, 0) is 0 Å². The van der Waals surface area contributed by atoms with Gasteiger partial charge < -0.3 is 10.4 Å². The third kappa shape index (κ3) is 4.78. The van der Waals surface area contributed by atoms with Crippen molar-refractivity contribution in [3.05, 3.63) is 101 Å². The number of β-amino-alcohol motifs (C(OH)–C–C–N with tert-alkyl or cyclic N) is 1. The van der Waals surface area contributed by atoms with Gasteiger partial charge in [-0.15, -0.1) is 0 Å². The van der Waals surface area contributed by atoms with Crippen molar-refractivity contribution in [3.63, 3.8) is 0 Å². The predicted molar refractivity (Wildman–Crippen MR) is 151 cm³/mol. The lowest BCUT2D eigenvalue weighted by atomic mass is 9.78. The number of fused-ring (bicyclic) bond motifs is 1. The van der Waals surface area contributed by atoms with Gasteiger partial charge in [-0.2, -0.15) is 5.26 Å². The maximum Gasteiger partial charge on any atom is 0.331 e. The van der Waals surface area contributed by atoms with Gasteiger partial charge in [0.2, 0.25) is 0 Å². The zero-order valence-electron chi connectivity index (χ0n) is 23.1. The largest absolute Gasteiger partial charge is 0.368 e. The van der Waals surface area contributed by atoms with E-state index < -0.39 is 35.5 Å². The number of para-hydroxylation sites is 1. The number of likely N-dealkylation sites (N-methyl/N-ethyl adjacent to an activating group) is 1. The maximum absolute atomic E-state index is 14.3. The molecule has 0 radical (unpaired) electrons. The first-order valence-electron chi connectivity index (χ1n) is 14.1. The Morgan fingerprint density at radius 3 is 2.36 bits per heavy atom. The Morgan fingerprint density at radius 2 is 1.67 bits per heavy atom. The molecule has 1 aliphatic carbocycles. The number of nitriles is 1. The Balaban J connectivity index is 1.17. The molecule has 42 heavy (non-hydrogen) atoms. The van der Waals surface area contributed by atoms with Crippen molar-refractivity contribution < 1.29 is 23.5 Å². The highest BCUT2D eigenvalue weighted by Gasteiger charge is 2.52. The van der Waals surface area contributed by atoms with Gasteiger partial charge in [-0.05, 0) is 67.0 Å². The van der Waals surface area contributed by atoms with Gasteiger partial charge in [0, 0.05) is 37.4 Å². The van der Waals surface area contributed by atoms with E-state index >= 15 is 0 Å². The number of urea groups is 2. The fraction of sp³-hybridized carbons (Fsp3) is 0.344. The number of carbonyl (C=O) groups is 2. The van der Waals surface area contributed by atoms with Gasteiger partial charge in [0.1, 0.15) is 0 Å². The number of nitrogens with zero attached hydrogens (tertiary/aromatic N) is 4. The highest BCUT2D eigenvalue weighted by Crippen LogP contribution is 2.42. The van der Waals surface area contributed by atoms with Crippen LogP contribution in [0.5, 0.6) is 0 Å². The number of hydrogen-bond donors (Lipinski definition) is 2. The Labute approximate surface area is 242 Å². The number of likely N-dealkylation sites (tertiary alicyclic amines) is 1. The highest BCUT2D eigenvalue weighted by molar-refractivity contribution is 6.04. The van der Waals surface area contributed by atoms with Gasteiger partial charge in [0.15, 0.2) is 17.4 Å². The predicted octanol–water partition coefficient (Wildman–Crippen LogP) is 5.56. The maximum atomic E-state index is 14.3. The summed E-state index contributed by atoms with van der Waals surface area (Å²) in [7, 11) is 1.45. The summed E-state index contributed by atoms with van der Waals surface area (Å²) in [5.41, 5.74) is 1.53. The van der Waals surface area contributed by atoms with E-state index in [9.17, 15) is 28.7 Å². The summed E-state index contributed by atoms with van der Waals surface area (Å²) in [6.07, 6.45) is 3.66. The molecule has 0 spiro atoms. The molecule has 0 bridgehead atoms. The molecule has 3 aliphatic rings. The topological polar surface area (TPSA) is 99.9 Å². The number of nitrogens with one attached hydrogen (secondary N) is 1. The van der Waals surface area contributed by atoms with Gasteiger partial charge in [0.05, 0.1) is 17.7 Å². The molecule has 2 aliphatic heterocycles. The average molecular weight is 572 g/mol. The number of amides is 4. The van der Waals surface area contributed by atoms with Crippen LogP contribution in [0.2, 0.25) is 0 Å². The minimum absolute atomic E-state index is 0.223. The van der Waals surface area contributed by atoms with Crippen molar-refractivity contribution in [1.29, 1.82) is 5.26 Å². The number of anilines is 1. The molecule has 2 fully saturated rings. The molecule has 3 aromatic carbocycles. The van der Waals surface area contributed by atoms with E-state index in [1.54, 1.807) is 24.3 Å². The lowest BCUT2D eigenvalue weighted by Gasteiger charge is -2.55. The summed E-state index contributed by atoms with van der Waals surface area (Å²) in [6.45, 7) is 0.447. The second-order valence-corrected chi connectivity index (χ2v) is 11.4. The van der Waals surface area contributed by atoms with Crippen LogP contribution in [0.3, 0.4) is 0 Å². The standard InChI is InChI=1S/C32H31F2N5O3/c1-37(32(42)18-38(19-32)23-13-10-20(11-14-23)24-7-3-2-6-22(24)17-35)31(41)39-29(21-12-15-26(33)27(34)16-21)25-8-4-5-9-28(25)36-30(39)40/h2-9,12,15-16,20,23,29,42H,10-11,13-14,18-19H2,1H3,(H,36,40). The molecule has 1 unspecified atom stereocenters. The average Bonchev–Trinajstić information content (AvgIpc) is 2.99. The van der Waals surface area contributed by atoms with Crippen molar-refractivity contribution in [2.75, 3.05) is 25.5 Å². The molecule has 4 amide bonds. The number of halogens is 2. The first-order chi connectivity index (χ1) is 20.2. The zero-order valence-corrected chi connectivity index (χ0v) is 23.1. The third-order valence-electron chi connectivity index (χ3n) is 9.00. The van der Waals surface area contributed by atoms with E-state index in [0.29, 0.717) is 22.7 Å². The minimum Gasteiger partial charge on any atom is -0.368 e. The molecule has 2 heterocycles. The summed E-state index contributed by atoms with van der Waals surface area (Å²) in [6, 6.07) is 17.9. The van der Waals surface area contributed by atoms with Crippen LogP contribution in [0, 0.1) is 23.0 Å². The Morgan fingerprint density at radius 1 is 1.00 bits per heavy atom. The van der Waals surface area contributed by atoms with Crippen LogP contribution in [0.25, 0.3) is 0 Å². The normalized spacial score (nSPS) is 23.3. The van der Waals surface area contributed by atoms with Crippen molar-refractivity contribution >= 4 is 17.7 Å². The fourth-order valence-electron chi connectivity index (χ4n) is 6.61. The molecule has 8 nitrogen and oxygen atoms in total. The molecule has 10 heteroatoms. The summed E-state index contributed by atoms with van der Waals surface area (Å²) in [4.78, 5) is 31.4. The van der Waals surface area contributed by atoms with Crippen LogP contribution in [0.15, 0.2) is 66.7 Å². The lowest BCUT2D eigenvalue weighted by molar-refractivity contribution is -0.188. The highest BCUT2D eigenvalue weighted by atomic mass is 19.2. The van der Waals surface area contributed by atoms with Gasteiger partial charge in [-0.1, -0.05) is 42.5 Å². The van der Waals surface area contributed by atoms with Crippen LogP contribution < -0.4 is 5.32 Å². The molecular formula is C32H31F2N5O3. The number of benzene rings is 3. The molecule has 0 aromatic heterocycles. The summed E-state index contributed by atoms with van der Waals surface area (Å²) >= 11 is 0. The van der Waals surface area contributed by atoms with Crippen molar-refractivity contribution in [1.82, 2.24) is 14.7 Å². The molecule has 6 rings (SSSR count). The first-order valence-corrected chi connectivity index (χ1v) is 14.1. The van der Waals surface area contributed by atoms with E-state index in [-0.39, 0.29) is 24.7 Å². The fourth-order valence-corrected chi connectivity index (χ4v) is 6.61. The molecule has 2 N–H and O–H groups in total. The number of hydrogen-bond acceptors (Lipinski definition) is 5. The monoisotopic (exact) mass is 571 g/mol. The number of rotatable bonds is 4. The molecule has 216 valence electrons. The third-order valence-corrected chi connectivity index (χ3v) is 9.00. The number of carbonyl (C=O) groups excluding carboxylic acids is 2. The van der Waals surface area contributed by atoms with Crippen LogP contribution >= 0.6 is 0 Å². The summed E-state index contributed by atoms with van der Waals surface area (Å²) < 4.78 is 28.0. The number of aliphatic hydroxyl groups is 1. The number of imide groups is 1. The molecular weight excluding hydrogens is 540 g/mol. The van der Waals surface area contributed by atoms with Crippen molar-refractivity contribution in [2.24, 2.45) is 0 Å². The zero-order chi connectivity index (χ0) is 29.6. The van der Waals surface area contributed by atoms with E-state index in [0.717, 1.165) is 48.3 Å². The van der Waals surface area contributed by atoms with Crippen molar-refractivity contribution in [3.8, 4) is 6.07 Å². The van der Waals surface area contributed by atoms with Gasteiger partial charge in [-0.3, -0.25) is 9.80 Å². The second kappa shape index (κ2) is 10.8. The Kier molecular flexibility index (Phi) is 7.17. The van der Waals surface area contributed by atoms with Gasteiger partial charge in [0.25, 0.3) is 0 Å². The van der Waals surface area contributed by atoms with Crippen LogP contribution in [0.1, 0.15) is 59.9 Å². The van der Waals surface area contributed by atoms with E-state index in [1.807, 2.05) is 24.3 Å². The van der Waals surface area contributed by atoms with E-state index in [4.69, 9.17) is 0 Å². The molecule has 3 aromatic rings. The quantitative estimate of drug-likeness (QED) is 0.400. The Bertz CT molecular complexity index is 1580. The van der Waals surface area contributed by atoms with Gasteiger partial charge in [-0.25, -0.2) is 23.3 Å². The van der Waals surface area contributed by atoms with Crippen LogP contribution in [0.4, 0.5) is 24.1 Å². The smallest absolute Gasteiger partial charge is 0.331 e. The first kappa shape index (κ1) is 27.8. The van der Waals surface area contributed by atoms with E-state index in [1.165, 1.54) is 18.0 Å². The molecule has 1 saturated carbocycles. The van der Waals surface area contributed by atoms with E-state index in [2.05, 4.69) is 16.3 Å². The second-order valence-electron chi connectivity index (χ2n) is 11.4. The molecule has 1 saturated heterocycles. The summed E-state index contributed by atoms with van der Waals surface area (Å²) in [5.74, 6) is -1.81.